The molecule has 1 aliphatic carbocycles. The van der Waals surface area contributed by atoms with Crippen LogP contribution in [-0.2, 0) is 4.74 Å². The van der Waals surface area contributed by atoms with Crippen molar-refractivity contribution in [3.8, 4) is 0 Å². The van der Waals surface area contributed by atoms with Gasteiger partial charge in [0.1, 0.15) is 0 Å². The van der Waals surface area contributed by atoms with Gasteiger partial charge in [0.25, 0.3) is 0 Å². The van der Waals surface area contributed by atoms with Crippen LogP contribution in [0.1, 0.15) is 51.4 Å². The average molecular weight is 293 g/mol. The minimum atomic E-state index is 0.241. The zero-order chi connectivity index (χ0) is 14.3. The van der Waals surface area contributed by atoms with E-state index in [0.717, 1.165) is 19.7 Å². The van der Waals surface area contributed by atoms with Crippen molar-refractivity contribution >= 4 is 0 Å². The van der Waals surface area contributed by atoms with Crippen molar-refractivity contribution in [2.24, 2.45) is 5.73 Å². The molecule has 21 heavy (non-hydrogen) atoms. The van der Waals surface area contributed by atoms with E-state index in [-0.39, 0.29) is 5.54 Å². The Morgan fingerprint density at radius 1 is 1.00 bits per heavy atom. The van der Waals surface area contributed by atoms with Crippen LogP contribution in [0.3, 0.4) is 0 Å². The molecule has 0 aromatic rings. The Morgan fingerprint density at radius 2 is 1.86 bits per heavy atom. The number of hydrogen-bond donors (Lipinski definition) is 1. The molecular formula is C17H31N3O. The van der Waals surface area contributed by atoms with Crippen LogP contribution in [0, 0.1) is 0 Å². The topological polar surface area (TPSA) is 41.7 Å². The number of nitrogens with two attached hydrogens (primary N) is 1. The Bertz CT molecular complexity index is 375. The quantitative estimate of drug-likeness (QED) is 0.839. The summed E-state index contributed by atoms with van der Waals surface area (Å²) in [6.07, 6.45) is 11.2. The number of nitrogens with zero attached hydrogens (tertiary/aromatic N) is 2. The molecule has 120 valence electrons. The molecule has 4 aliphatic rings. The summed E-state index contributed by atoms with van der Waals surface area (Å²) in [6, 6.07) is 1.34. The third-order valence-corrected chi connectivity index (χ3v) is 6.72. The molecule has 0 aromatic heterocycles. The maximum absolute atomic E-state index is 6.42. The number of piperidine rings is 1. The van der Waals surface area contributed by atoms with Crippen molar-refractivity contribution in [1.29, 1.82) is 0 Å². The second-order valence-electron chi connectivity index (χ2n) is 7.56. The van der Waals surface area contributed by atoms with Gasteiger partial charge in [-0.1, -0.05) is 19.3 Å². The lowest BCUT2D eigenvalue weighted by molar-refractivity contribution is -0.132. The molecule has 3 heterocycles. The highest BCUT2D eigenvalue weighted by atomic mass is 16.5. The van der Waals surface area contributed by atoms with Gasteiger partial charge < -0.3 is 10.5 Å². The highest BCUT2D eigenvalue weighted by Crippen LogP contribution is 2.43. The summed E-state index contributed by atoms with van der Waals surface area (Å²) in [7, 11) is 0. The Kier molecular flexibility index (Phi) is 3.99. The lowest BCUT2D eigenvalue weighted by Crippen LogP contribution is -2.68. The number of fused-ring (bicyclic) bond motifs is 2. The first-order chi connectivity index (χ1) is 10.3. The van der Waals surface area contributed by atoms with Crippen molar-refractivity contribution in [3.05, 3.63) is 0 Å². The van der Waals surface area contributed by atoms with E-state index in [1.54, 1.807) is 0 Å². The van der Waals surface area contributed by atoms with E-state index in [1.807, 2.05) is 0 Å². The van der Waals surface area contributed by atoms with Crippen LogP contribution in [0.2, 0.25) is 0 Å². The van der Waals surface area contributed by atoms with E-state index in [1.165, 1.54) is 64.5 Å². The van der Waals surface area contributed by atoms with Gasteiger partial charge in [-0.2, -0.15) is 0 Å². The number of morpholine rings is 1. The molecule has 2 N–H and O–H groups in total. The van der Waals surface area contributed by atoms with Crippen LogP contribution in [-0.4, -0.2) is 66.3 Å². The van der Waals surface area contributed by atoms with Crippen LogP contribution < -0.4 is 5.73 Å². The summed E-state index contributed by atoms with van der Waals surface area (Å²) in [6.45, 7) is 5.40. The lowest BCUT2D eigenvalue weighted by Gasteiger charge is -2.55. The van der Waals surface area contributed by atoms with Gasteiger partial charge in [0.15, 0.2) is 0 Å². The molecule has 4 unspecified atom stereocenters. The highest BCUT2D eigenvalue weighted by molar-refractivity contribution is 5.11. The fourth-order valence-electron chi connectivity index (χ4n) is 5.71. The lowest BCUT2D eigenvalue weighted by atomic mass is 9.79. The summed E-state index contributed by atoms with van der Waals surface area (Å²) in [5.41, 5.74) is 6.66. The average Bonchev–Trinajstić information content (AvgIpc) is 2.94. The third kappa shape index (κ3) is 2.26. The van der Waals surface area contributed by atoms with Crippen LogP contribution in [0.5, 0.6) is 0 Å². The largest absolute Gasteiger partial charge is 0.375 e. The van der Waals surface area contributed by atoms with Gasteiger partial charge in [0.2, 0.25) is 0 Å². The van der Waals surface area contributed by atoms with Gasteiger partial charge in [-0.15, -0.1) is 0 Å². The van der Waals surface area contributed by atoms with E-state index >= 15 is 0 Å². The van der Waals surface area contributed by atoms with Crippen molar-refractivity contribution in [3.63, 3.8) is 0 Å². The minimum Gasteiger partial charge on any atom is -0.375 e. The Morgan fingerprint density at radius 3 is 2.76 bits per heavy atom. The fourth-order valence-corrected chi connectivity index (χ4v) is 5.71. The zero-order valence-corrected chi connectivity index (χ0v) is 13.3. The van der Waals surface area contributed by atoms with Gasteiger partial charge in [-0.05, 0) is 38.6 Å². The smallest absolute Gasteiger partial charge is 0.0731 e. The zero-order valence-electron chi connectivity index (χ0n) is 13.3. The molecular weight excluding hydrogens is 262 g/mol. The molecule has 4 rings (SSSR count). The number of ether oxygens (including phenoxy) is 1. The van der Waals surface area contributed by atoms with Gasteiger partial charge in [-0.3, -0.25) is 9.80 Å². The molecule has 4 nitrogen and oxygen atoms in total. The van der Waals surface area contributed by atoms with Crippen molar-refractivity contribution in [1.82, 2.24) is 9.80 Å². The number of hydrogen-bond acceptors (Lipinski definition) is 4. The third-order valence-electron chi connectivity index (χ3n) is 6.72. The second-order valence-corrected chi connectivity index (χ2v) is 7.56. The molecule has 0 radical (unpaired) electrons. The molecule has 3 saturated heterocycles. The maximum Gasteiger partial charge on any atom is 0.0731 e. The molecule has 4 atom stereocenters. The van der Waals surface area contributed by atoms with Gasteiger partial charge >= 0.3 is 0 Å². The van der Waals surface area contributed by atoms with Crippen LogP contribution in [0.15, 0.2) is 0 Å². The van der Waals surface area contributed by atoms with Gasteiger partial charge in [0.05, 0.1) is 18.2 Å². The van der Waals surface area contributed by atoms with Crippen LogP contribution in [0.4, 0.5) is 0 Å². The highest BCUT2D eigenvalue weighted by Gasteiger charge is 2.54. The fraction of sp³-hybridized carbons (Fsp3) is 1.00. The summed E-state index contributed by atoms with van der Waals surface area (Å²) in [5.74, 6) is 0. The van der Waals surface area contributed by atoms with E-state index in [2.05, 4.69) is 9.80 Å². The first-order valence-electron chi connectivity index (χ1n) is 9.18. The van der Waals surface area contributed by atoms with Gasteiger partial charge in [0, 0.05) is 31.7 Å². The Balaban J connectivity index is 1.62. The van der Waals surface area contributed by atoms with E-state index in [4.69, 9.17) is 10.5 Å². The first kappa shape index (κ1) is 14.4. The molecule has 0 bridgehead atoms. The summed E-state index contributed by atoms with van der Waals surface area (Å²) in [4.78, 5) is 5.57. The summed E-state index contributed by atoms with van der Waals surface area (Å²) in [5, 5.41) is 0. The molecule has 0 amide bonds. The first-order valence-corrected chi connectivity index (χ1v) is 9.18. The molecule has 0 aromatic carbocycles. The Labute approximate surface area is 129 Å². The predicted octanol–water partition coefficient (Wildman–Crippen LogP) is 1.59. The standard InChI is InChI=1S/C17H31N3O/c18-13-17(8-10-19-9-4-3-7-16(17)19)20-11-12-21-15-6-2-1-5-14(15)20/h14-16H,1-13,18H2. The monoisotopic (exact) mass is 293 g/mol. The van der Waals surface area contributed by atoms with Crippen LogP contribution in [0.25, 0.3) is 0 Å². The predicted molar refractivity (Wildman–Crippen MR) is 84.3 cm³/mol. The molecule has 0 spiro atoms. The molecule has 3 aliphatic heterocycles. The van der Waals surface area contributed by atoms with Crippen molar-refractivity contribution in [2.75, 3.05) is 32.8 Å². The second kappa shape index (κ2) is 5.80. The van der Waals surface area contributed by atoms with E-state index in [0.29, 0.717) is 18.2 Å². The summed E-state index contributed by atoms with van der Waals surface area (Å²) >= 11 is 0. The molecule has 1 saturated carbocycles. The number of rotatable bonds is 2. The van der Waals surface area contributed by atoms with Crippen molar-refractivity contribution in [2.45, 2.75) is 75.1 Å². The molecule has 4 heteroatoms. The maximum atomic E-state index is 6.42. The van der Waals surface area contributed by atoms with Crippen LogP contribution >= 0.6 is 0 Å². The SMILES string of the molecule is NCC1(N2CCOC3CCCCC32)CCN2CCCCC21. The van der Waals surface area contributed by atoms with Gasteiger partial charge in [-0.25, -0.2) is 0 Å². The normalized spacial score (nSPS) is 45.3. The summed E-state index contributed by atoms with van der Waals surface area (Å²) < 4.78 is 6.10. The minimum absolute atomic E-state index is 0.241. The molecule has 4 fully saturated rings. The van der Waals surface area contributed by atoms with E-state index < -0.39 is 0 Å². The van der Waals surface area contributed by atoms with Crippen molar-refractivity contribution < 1.29 is 4.74 Å². The Hall–Kier alpha value is -0.160. The van der Waals surface area contributed by atoms with E-state index in [9.17, 15) is 0 Å².